The third-order valence-corrected chi connectivity index (χ3v) is 3.91. The van der Waals surface area contributed by atoms with Crippen molar-refractivity contribution in [3.05, 3.63) is 24.3 Å². The predicted octanol–water partition coefficient (Wildman–Crippen LogP) is 4.23. The van der Waals surface area contributed by atoms with E-state index in [2.05, 4.69) is 26.9 Å². The Morgan fingerprint density at radius 1 is 0.947 bits per heavy atom. The summed E-state index contributed by atoms with van der Waals surface area (Å²) in [5, 5.41) is 0. The molecule has 0 fully saturated rings. The molecule has 0 atom stereocenters. The molecule has 0 aliphatic rings. The van der Waals surface area contributed by atoms with Crippen LogP contribution in [-0.4, -0.2) is 21.3 Å². The average molecular weight is 282 g/mol. The first-order chi connectivity index (χ1) is 8.78. The molecule has 0 aromatic heterocycles. The summed E-state index contributed by atoms with van der Waals surface area (Å²) in [5.74, 6) is 2.23. The summed E-state index contributed by atoms with van der Waals surface area (Å²) >= 11 is 0. The van der Waals surface area contributed by atoms with E-state index in [-0.39, 0.29) is 6.10 Å². The first-order valence-corrected chi connectivity index (χ1v) is 9.70. The first kappa shape index (κ1) is 16.1. The predicted molar refractivity (Wildman–Crippen MR) is 81.1 cm³/mol. The van der Waals surface area contributed by atoms with Gasteiger partial charge in [0.05, 0.1) is 6.10 Å². The highest BCUT2D eigenvalue weighted by atomic mass is 28.4. The van der Waals surface area contributed by atoms with Crippen molar-refractivity contribution in [1.29, 1.82) is 0 Å². The minimum Gasteiger partial charge on any atom is -0.520 e. The normalized spacial score (nSPS) is 12.0. The summed E-state index contributed by atoms with van der Waals surface area (Å²) in [6.07, 6.45) is 0.187. The largest absolute Gasteiger partial charge is 0.520 e. The Bertz CT molecular complexity index is 371. The van der Waals surface area contributed by atoms with E-state index in [1.165, 1.54) is 0 Å². The lowest BCUT2D eigenvalue weighted by Crippen LogP contribution is -2.39. The molecular weight excluding hydrogens is 256 g/mol. The van der Waals surface area contributed by atoms with Gasteiger partial charge in [-0.15, -0.1) is 0 Å². The second-order valence-electron chi connectivity index (χ2n) is 5.84. The van der Waals surface area contributed by atoms with Crippen LogP contribution in [0.15, 0.2) is 24.3 Å². The monoisotopic (exact) mass is 282 g/mol. The van der Waals surface area contributed by atoms with Crippen molar-refractivity contribution in [1.82, 2.24) is 0 Å². The Labute approximate surface area is 118 Å². The lowest BCUT2D eigenvalue weighted by atomic mass is 10.2. The van der Waals surface area contributed by atoms with Crippen LogP contribution < -0.4 is 9.16 Å². The van der Waals surface area contributed by atoms with Gasteiger partial charge in [-0.25, -0.2) is 0 Å². The molecule has 19 heavy (non-hydrogen) atoms. The Morgan fingerprint density at radius 2 is 1.47 bits per heavy atom. The second kappa shape index (κ2) is 6.96. The molecule has 1 rings (SSSR count). The van der Waals surface area contributed by atoms with E-state index in [1.54, 1.807) is 0 Å². The maximum atomic E-state index is 5.97. The fraction of sp³-hybridized carbons (Fsp3) is 0.600. The highest BCUT2D eigenvalue weighted by Crippen LogP contribution is 2.22. The molecule has 0 bridgehead atoms. The van der Waals surface area contributed by atoms with Gasteiger partial charge in [-0.05, 0) is 57.1 Å². The second-order valence-corrected chi connectivity index (χ2v) is 9.14. The van der Waals surface area contributed by atoms with Crippen LogP contribution in [0, 0.1) is 5.92 Å². The number of rotatable bonds is 7. The van der Waals surface area contributed by atoms with Crippen molar-refractivity contribution in [2.75, 3.05) is 6.61 Å². The lowest BCUT2D eigenvalue weighted by molar-refractivity contribution is 0.215. The molecule has 0 heterocycles. The van der Waals surface area contributed by atoms with Gasteiger partial charge in [0.2, 0.25) is 0 Å². The maximum absolute atomic E-state index is 5.97. The Hall–Kier alpha value is -1.00. The molecule has 0 saturated carbocycles. The molecule has 0 N–H and O–H groups in total. The van der Waals surface area contributed by atoms with Gasteiger partial charge in [-0.2, -0.15) is 0 Å². The summed E-state index contributed by atoms with van der Waals surface area (Å²) in [6, 6.07) is 7.74. The van der Waals surface area contributed by atoms with Crippen molar-refractivity contribution in [2.24, 2.45) is 5.92 Å². The van der Waals surface area contributed by atoms with E-state index in [4.69, 9.17) is 13.6 Å². The Kier molecular flexibility index (Phi) is 5.88. The van der Waals surface area contributed by atoms with Crippen LogP contribution >= 0.6 is 0 Å². The van der Waals surface area contributed by atoms with E-state index < -0.39 is 8.56 Å². The Morgan fingerprint density at radius 3 is 1.95 bits per heavy atom. The van der Waals surface area contributed by atoms with E-state index in [0.29, 0.717) is 5.92 Å². The quantitative estimate of drug-likeness (QED) is 0.701. The number of hydrogen-bond donors (Lipinski definition) is 0. The minimum atomic E-state index is -2.10. The van der Waals surface area contributed by atoms with Crippen LogP contribution in [0.2, 0.25) is 13.1 Å². The minimum absolute atomic E-state index is 0.187. The zero-order valence-electron chi connectivity index (χ0n) is 12.9. The van der Waals surface area contributed by atoms with Crippen LogP contribution in [0.5, 0.6) is 11.5 Å². The number of benzene rings is 1. The third-order valence-electron chi connectivity index (χ3n) is 2.32. The van der Waals surface area contributed by atoms with Crippen molar-refractivity contribution in [3.8, 4) is 11.5 Å². The highest BCUT2D eigenvalue weighted by Gasteiger charge is 2.27. The van der Waals surface area contributed by atoms with Crippen LogP contribution in [0.4, 0.5) is 0 Å². The molecule has 1 aromatic rings. The summed E-state index contributed by atoms with van der Waals surface area (Å²) in [4.78, 5) is 0. The number of ether oxygens (including phenoxy) is 1. The van der Waals surface area contributed by atoms with Crippen molar-refractivity contribution in [2.45, 2.75) is 46.9 Å². The van der Waals surface area contributed by atoms with Gasteiger partial charge < -0.3 is 13.6 Å². The van der Waals surface area contributed by atoms with Gasteiger partial charge in [0.15, 0.2) is 0 Å². The highest BCUT2D eigenvalue weighted by molar-refractivity contribution is 6.65. The molecule has 108 valence electrons. The maximum Gasteiger partial charge on any atom is 0.392 e. The van der Waals surface area contributed by atoms with E-state index >= 15 is 0 Å². The molecule has 0 aliphatic carbocycles. The standard InChI is InChI=1S/C15H26O3Si/c1-12(2)11-16-19(5,6)18-15-9-7-14(8-10-15)17-13(3)4/h7-10,12-13H,11H2,1-6H3. The van der Waals surface area contributed by atoms with Crippen LogP contribution in [0.25, 0.3) is 0 Å². The van der Waals surface area contributed by atoms with Gasteiger partial charge in [-0.1, -0.05) is 13.8 Å². The number of hydrogen-bond acceptors (Lipinski definition) is 3. The van der Waals surface area contributed by atoms with Gasteiger partial charge in [-0.3, -0.25) is 0 Å². The lowest BCUT2D eigenvalue weighted by Gasteiger charge is -2.25. The SMILES string of the molecule is CC(C)CO[Si](C)(C)Oc1ccc(OC(C)C)cc1. The topological polar surface area (TPSA) is 27.7 Å². The van der Waals surface area contributed by atoms with E-state index in [9.17, 15) is 0 Å². The summed E-state index contributed by atoms with van der Waals surface area (Å²) in [5.41, 5.74) is 0. The Balaban J connectivity index is 2.56. The van der Waals surface area contributed by atoms with Crippen LogP contribution in [0.1, 0.15) is 27.7 Å². The first-order valence-electron chi connectivity index (χ1n) is 6.88. The smallest absolute Gasteiger partial charge is 0.392 e. The summed E-state index contributed by atoms with van der Waals surface area (Å²) < 4.78 is 17.5. The molecule has 0 saturated heterocycles. The van der Waals surface area contributed by atoms with Gasteiger partial charge in [0, 0.05) is 6.61 Å². The molecule has 3 nitrogen and oxygen atoms in total. The van der Waals surface area contributed by atoms with Crippen LogP contribution in [0.3, 0.4) is 0 Å². The molecule has 0 radical (unpaired) electrons. The van der Waals surface area contributed by atoms with Gasteiger partial charge in [0.1, 0.15) is 11.5 Å². The molecular formula is C15H26O3Si. The summed E-state index contributed by atoms with van der Waals surface area (Å²) in [6.45, 7) is 13.2. The molecule has 0 aliphatic heterocycles. The van der Waals surface area contributed by atoms with Crippen LogP contribution in [-0.2, 0) is 4.43 Å². The van der Waals surface area contributed by atoms with Gasteiger partial charge in [0.25, 0.3) is 0 Å². The van der Waals surface area contributed by atoms with Crippen molar-refractivity contribution < 1.29 is 13.6 Å². The molecule has 0 spiro atoms. The summed E-state index contributed by atoms with van der Waals surface area (Å²) in [7, 11) is -2.10. The van der Waals surface area contributed by atoms with Crippen molar-refractivity contribution >= 4 is 8.56 Å². The molecule has 0 unspecified atom stereocenters. The van der Waals surface area contributed by atoms with E-state index in [1.807, 2.05) is 38.1 Å². The van der Waals surface area contributed by atoms with Gasteiger partial charge >= 0.3 is 8.56 Å². The fourth-order valence-corrected chi connectivity index (χ4v) is 3.04. The average Bonchev–Trinajstić information content (AvgIpc) is 2.28. The molecule has 0 amide bonds. The zero-order chi connectivity index (χ0) is 14.5. The van der Waals surface area contributed by atoms with Crippen molar-refractivity contribution in [3.63, 3.8) is 0 Å². The van der Waals surface area contributed by atoms with E-state index in [0.717, 1.165) is 18.1 Å². The fourth-order valence-electron chi connectivity index (χ4n) is 1.54. The molecule has 4 heteroatoms. The molecule has 1 aromatic carbocycles. The zero-order valence-corrected chi connectivity index (χ0v) is 13.9. The third kappa shape index (κ3) is 6.64.